The number of fused-ring (bicyclic) bond motifs is 1. The van der Waals surface area contributed by atoms with Crippen molar-refractivity contribution in [2.75, 3.05) is 7.11 Å². The highest BCUT2D eigenvalue weighted by Gasteiger charge is 2.21. The third-order valence-electron chi connectivity index (χ3n) is 2.29. The monoisotopic (exact) mass is 284 g/mol. The summed E-state index contributed by atoms with van der Waals surface area (Å²) >= 11 is 3.29. The molecule has 1 unspecified atom stereocenters. The number of benzene rings is 1. The molecule has 0 radical (unpaired) electrons. The van der Waals surface area contributed by atoms with Crippen LogP contribution in [0.4, 0.5) is 0 Å². The zero-order valence-electron chi connectivity index (χ0n) is 8.40. The van der Waals surface area contributed by atoms with Crippen molar-refractivity contribution in [3.8, 4) is 0 Å². The van der Waals surface area contributed by atoms with Gasteiger partial charge in [0, 0.05) is 10.9 Å². The summed E-state index contributed by atoms with van der Waals surface area (Å²) in [6.45, 7) is 0. The van der Waals surface area contributed by atoms with Gasteiger partial charge in [-0.2, -0.15) is 5.10 Å². The molecule has 1 aromatic carbocycles. The second kappa shape index (κ2) is 4.23. The SMILES string of the molecule is COC(=O)C(O)c1cccc2c(Br)[nH]nc12. The van der Waals surface area contributed by atoms with Crippen LogP contribution in [0.2, 0.25) is 0 Å². The number of aliphatic hydroxyl groups is 1. The van der Waals surface area contributed by atoms with Crippen LogP contribution >= 0.6 is 15.9 Å². The molecule has 0 saturated carbocycles. The number of ether oxygens (including phenoxy) is 1. The van der Waals surface area contributed by atoms with E-state index in [-0.39, 0.29) is 0 Å². The quantitative estimate of drug-likeness (QED) is 0.820. The first kappa shape index (κ1) is 11.1. The van der Waals surface area contributed by atoms with Crippen LogP contribution in [-0.4, -0.2) is 28.4 Å². The summed E-state index contributed by atoms with van der Waals surface area (Å²) in [4.78, 5) is 11.2. The number of rotatable bonds is 2. The van der Waals surface area contributed by atoms with Gasteiger partial charge >= 0.3 is 5.97 Å². The molecule has 0 fully saturated rings. The Labute approximate surface area is 99.5 Å². The predicted octanol–water partition coefficient (Wildman–Crippen LogP) is 1.53. The zero-order valence-corrected chi connectivity index (χ0v) is 9.98. The van der Waals surface area contributed by atoms with Crippen LogP contribution in [0.5, 0.6) is 0 Å². The summed E-state index contributed by atoms with van der Waals surface area (Å²) in [5.74, 6) is -0.702. The first-order valence-electron chi connectivity index (χ1n) is 4.53. The molecule has 0 aliphatic rings. The lowest BCUT2D eigenvalue weighted by Gasteiger charge is -2.08. The number of carbonyl (C=O) groups is 1. The molecule has 2 rings (SSSR count). The van der Waals surface area contributed by atoms with Gasteiger partial charge in [0.1, 0.15) is 4.60 Å². The van der Waals surface area contributed by atoms with Crippen molar-refractivity contribution in [2.24, 2.45) is 0 Å². The second-order valence-electron chi connectivity index (χ2n) is 3.21. The lowest BCUT2D eigenvalue weighted by Crippen LogP contribution is -2.13. The third kappa shape index (κ3) is 1.70. The lowest BCUT2D eigenvalue weighted by atomic mass is 10.1. The predicted molar refractivity (Wildman–Crippen MR) is 60.8 cm³/mol. The topological polar surface area (TPSA) is 75.2 Å². The number of H-pyrrole nitrogens is 1. The van der Waals surface area contributed by atoms with Gasteiger partial charge in [-0.05, 0) is 15.9 Å². The Balaban J connectivity index is 2.56. The minimum absolute atomic E-state index is 0.423. The molecule has 0 bridgehead atoms. The lowest BCUT2D eigenvalue weighted by molar-refractivity contribution is -0.150. The first-order valence-corrected chi connectivity index (χ1v) is 5.33. The number of carbonyl (C=O) groups excluding carboxylic acids is 1. The van der Waals surface area contributed by atoms with Gasteiger partial charge in [-0.25, -0.2) is 4.79 Å². The molecule has 1 heterocycles. The molecule has 0 aliphatic heterocycles. The molecule has 1 atom stereocenters. The Morgan fingerprint density at radius 1 is 1.62 bits per heavy atom. The first-order chi connectivity index (χ1) is 7.65. The number of nitrogens with one attached hydrogen (secondary N) is 1. The van der Waals surface area contributed by atoms with Crippen molar-refractivity contribution in [3.05, 3.63) is 28.4 Å². The van der Waals surface area contributed by atoms with Crippen molar-refractivity contribution in [2.45, 2.75) is 6.10 Å². The van der Waals surface area contributed by atoms with E-state index in [2.05, 4.69) is 30.9 Å². The fourth-order valence-electron chi connectivity index (χ4n) is 1.49. The average molecular weight is 285 g/mol. The van der Waals surface area contributed by atoms with Gasteiger partial charge < -0.3 is 9.84 Å². The van der Waals surface area contributed by atoms with Gasteiger partial charge in [0.15, 0.2) is 6.10 Å². The zero-order chi connectivity index (χ0) is 11.7. The Morgan fingerprint density at radius 3 is 3.06 bits per heavy atom. The maximum atomic E-state index is 11.2. The van der Waals surface area contributed by atoms with Gasteiger partial charge in [-0.1, -0.05) is 18.2 Å². The van der Waals surface area contributed by atoms with Crippen LogP contribution in [0.25, 0.3) is 10.9 Å². The number of hydrogen-bond donors (Lipinski definition) is 2. The van der Waals surface area contributed by atoms with Gasteiger partial charge in [-0.15, -0.1) is 0 Å². The van der Waals surface area contributed by atoms with Crippen molar-refractivity contribution in [1.82, 2.24) is 10.2 Å². The molecule has 2 N–H and O–H groups in total. The highest BCUT2D eigenvalue weighted by molar-refractivity contribution is 9.10. The Hall–Kier alpha value is -1.40. The van der Waals surface area contributed by atoms with Gasteiger partial charge in [0.05, 0.1) is 12.6 Å². The molecule has 1 aromatic heterocycles. The summed E-state index contributed by atoms with van der Waals surface area (Å²) in [5.41, 5.74) is 0.971. The minimum Gasteiger partial charge on any atom is -0.467 e. The van der Waals surface area contributed by atoms with E-state index >= 15 is 0 Å². The number of halogens is 1. The highest BCUT2D eigenvalue weighted by Crippen LogP contribution is 2.27. The van der Waals surface area contributed by atoms with E-state index in [0.29, 0.717) is 15.7 Å². The Morgan fingerprint density at radius 2 is 2.38 bits per heavy atom. The fourth-order valence-corrected chi connectivity index (χ4v) is 1.90. The maximum absolute atomic E-state index is 11.2. The van der Waals surface area contributed by atoms with Crippen LogP contribution in [0.1, 0.15) is 11.7 Å². The highest BCUT2D eigenvalue weighted by atomic mass is 79.9. The number of esters is 1. The van der Waals surface area contributed by atoms with Crippen molar-refractivity contribution >= 4 is 32.8 Å². The molecule has 84 valence electrons. The number of aromatic amines is 1. The van der Waals surface area contributed by atoms with Crippen molar-refractivity contribution in [3.63, 3.8) is 0 Å². The van der Waals surface area contributed by atoms with Gasteiger partial charge in [0.25, 0.3) is 0 Å². The maximum Gasteiger partial charge on any atom is 0.339 e. The molecule has 0 spiro atoms. The number of aromatic nitrogens is 2. The van der Waals surface area contributed by atoms with E-state index in [0.717, 1.165) is 5.39 Å². The van der Waals surface area contributed by atoms with E-state index in [4.69, 9.17) is 0 Å². The fraction of sp³-hybridized carbons (Fsp3) is 0.200. The van der Waals surface area contributed by atoms with E-state index < -0.39 is 12.1 Å². The summed E-state index contributed by atoms with van der Waals surface area (Å²) in [6, 6.07) is 5.21. The number of nitrogens with zero attached hydrogens (tertiary/aromatic N) is 1. The number of aliphatic hydroxyl groups excluding tert-OH is 1. The van der Waals surface area contributed by atoms with Crippen LogP contribution in [0, 0.1) is 0 Å². The van der Waals surface area contributed by atoms with Crippen molar-refractivity contribution < 1.29 is 14.6 Å². The standard InChI is InChI=1S/C10H9BrN2O3/c1-16-10(15)8(14)5-3-2-4-6-7(5)12-13-9(6)11/h2-4,8,14H,1H3,(H,12,13). The Bertz CT molecular complexity index is 538. The van der Waals surface area contributed by atoms with Crippen LogP contribution in [0.15, 0.2) is 22.8 Å². The molecule has 0 aliphatic carbocycles. The van der Waals surface area contributed by atoms with Crippen LogP contribution < -0.4 is 0 Å². The van der Waals surface area contributed by atoms with Crippen LogP contribution in [0.3, 0.4) is 0 Å². The summed E-state index contributed by atoms with van der Waals surface area (Å²) in [6.07, 6.45) is -1.32. The number of para-hydroxylation sites is 1. The van der Waals surface area contributed by atoms with Gasteiger partial charge in [-0.3, -0.25) is 5.10 Å². The molecule has 16 heavy (non-hydrogen) atoms. The second-order valence-corrected chi connectivity index (χ2v) is 4.00. The number of hydrogen-bond acceptors (Lipinski definition) is 4. The van der Waals surface area contributed by atoms with E-state index in [9.17, 15) is 9.90 Å². The molecule has 2 aromatic rings. The van der Waals surface area contributed by atoms with Crippen LogP contribution in [-0.2, 0) is 9.53 Å². The normalized spacial score (nSPS) is 12.7. The Kier molecular flexibility index (Phi) is 2.93. The summed E-state index contributed by atoms with van der Waals surface area (Å²) in [7, 11) is 1.23. The molecule has 0 saturated heterocycles. The van der Waals surface area contributed by atoms with E-state index in [1.165, 1.54) is 7.11 Å². The van der Waals surface area contributed by atoms with Crippen molar-refractivity contribution in [1.29, 1.82) is 0 Å². The largest absolute Gasteiger partial charge is 0.467 e. The van der Waals surface area contributed by atoms with Gasteiger partial charge in [0.2, 0.25) is 0 Å². The van der Waals surface area contributed by atoms with E-state index in [1.54, 1.807) is 12.1 Å². The summed E-state index contributed by atoms with van der Waals surface area (Å²) in [5, 5.41) is 17.3. The number of methoxy groups -OCH3 is 1. The third-order valence-corrected chi connectivity index (χ3v) is 2.89. The molecule has 0 amide bonds. The minimum atomic E-state index is -1.32. The molecule has 6 heteroatoms. The molecular weight excluding hydrogens is 276 g/mol. The summed E-state index contributed by atoms with van der Waals surface area (Å²) < 4.78 is 5.19. The van der Waals surface area contributed by atoms with E-state index in [1.807, 2.05) is 6.07 Å². The molecule has 5 nitrogen and oxygen atoms in total. The molecular formula is C10H9BrN2O3. The smallest absolute Gasteiger partial charge is 0.339 e. The average Bonchev–Trinajstić information content (AvgIpc) is 2.69.